The quantitative estimate of drug-likeness (QED) is 0.164. The summed E-state index contributed by atoms with van der Waals surface area (Å²) in [5, 5.41) is 2.41. The molecule has 0 N–H and O–H groups in total. The van der Waals surface area contributed by atoms with Gasteiger partial charge in [-0.1, -0.05) is 144 Å². The van der Waals surface area contributed by atoms with E-state index in [1.807, 2.05) is 30.5 Å². The summed E-state index contributed by atoms with van der Waals surface area (Å²) in [5.74, 6) is 0.654. The number of hydrogen-bond donors (Lipinski definition) is 0. The first kappa shape index (κ1) is 31.2. The van der Waals surface area contributed by atoms with Crippen molar-refractivity contribution in [2.75, 3.05) is 0 Å². The lowest BCUT2D eigenvalue weighted by molar-refractivity contribution is 1.18. The Kier molecular flexibility index (Phi) is 7.61. The van der Waals surface area contributed by atoms with Gasteiger partial charge in [0, 0.05) is 34.7 Å². The molecular weight excluding hydrogens is 655 g/mol. The Hall–Kier alpha value is -7.59. The molecule has 54 heavy (non-hydrogen) atoms. The minimum Gasteiger partial charge on any atom is -0.264 e. The Morgan fingerprint density at radius 3 is 1.91 bits per heavy atom. The summed E-state index contributed by atoms with van der Waals surface area (Å²) in [6.07, 6.45) is 9.73. The summed E-state index contributed by atoms with van der Waals surface area (Å²) < 4.78 is 0. The van der Waals surface area contributed by atoms with Gasteiger partial charge < -0.3 is 0 Å². The number of aromatic nitrogens is 3. The van der Waals surface area contributed by atoms with E-state index in [2.05, 4.69) is 167 Å². The molecule has 0 atom stereocenters. The van der Waals surface area contributed by atoms with Crippen LogP contribution in [0.3, 0.4) is 0 Å². The van der Waals surface area contributed by atoms with Crippen molar-refractivity contribution in [1.29, 1.82) is 0 Å². The van der Waals surface area contributed by atoms with Gasteiger partial charge in [-0.2, -0.15) is 0 Å². The summed E-state index contributed by atoms with van der Waals surface area (Å²) in [6.45, 7) is 0. The monoisotopic (exact) mass is 683 g/mol. The van der Waals surface area contributed by atoms with Crippen molar-refractivity contribution in [3.63, 3.8) is 0 Å². The van der Waals surface area contributed by atoms with Gasteiger partial charge in [0.1, 0.15) is 0 Å². The molecule has 3 nitrogen and oxygen atoms in total. The topological polar surface area (TPSA) is 38.7 Å². The predicted molar refractivity (Wildman–Crippen MR) is 221 cm³/mol. The summed E-state index contributed by atoms with van der Waals surface area (Å²) in [4.78, 5) is 14.7. The third-order valence-corrected chi connectivity index (χ3v) is 10.1. The Morgan fingerprint density at radius 1 is 0.426 bits per heavy atom. The van der Waals surface area contributed by atoms with Crippen LogP contribution in [0.2, 0.25) is 0 Å². The average molecular weight is 684 g/mol. The van der Waals surface area contributed by atoms with Crippen LogP contribution < -0.4 is 0 Å². The molecule has 0 spiro atoms. The van der Waals surface area contributed by atoms with Crippen LogP contribution in [0.4, 0.5) is 0 Å². The molecule has 248 valence electrons. The first-order chi connectivity index (χ1) is 26.7. The molecule has 0 saturated heterocycles. The molecule has 0 fully saturated rings. The lowest BCUT2D eigenvalue weighted by atomic mass is 9.89. The molecule has 0 radical (unpaired) electrons. The van der Waals surface area contributed by atoms with E-state index >= 15 is 0 Å². The molecule has 8 aromatic rings. The largest absolute Gasteiger partial charge is 0.264 e. The average Bonchev–Trinajstić information content (AvgIpc) is 3.26. The molecule has 2 aromatic heterocycles. The molecule has 2 heterocycles. The molecule has 0 bridgehead atoms. The van der Waals surface area contributed by atoms with E-state index in [-0.39, 0.29) is 0 Å². The van der Waals surface area contributed by atoms with Gasteiger partial charge in [0.15, 0.2) is 5.82 Å². The summed E-state index contributed by atoms with van der Waals surface area (Å²) >= 11 is 0. The molecule has 6 aromatic carbocycles. The van der Waals surface area contributed by atoms with Gasteiger partial charge in [-0.25, -0.2) is 9.97 Å². The lowest BCUT2D eigenvalue weighted by Gasteiger charge is -2.15. The standard InChI is InChI=1S/C51H29N3/c1-3-16-43-35(10-1)12-8-20-44(43)39-13-7-14-41(30-39)51-53-49(37-25-21-34(22-26-37)42-15-9-29-52-33-42)32-50(54-51)38-27-23-36(24-28-38)48-31-40-11-2-4-17-45(40)46-18-5-6-19-47(46)48/h1-4,7,9-19,21-33H. The van der Waals surface area contributed by atoms with Gasteiger partial charge in [-0.15, -0.1) is 0 Å². The first-order valence-corrected chi connectivity index (χ1v) is 17.9. The summed E-state index contributed by atoms with van der Waals surface area (Å²) in [6, 6.07) is 50.9. The highest BCUT2D eigenvalue weighted by Gasteiger charge is 2.17. The van der Waals surface area contributed by atoms with E-state index in [0.29, 0.717) is 5.82 Å². The van der Waals surface area contributed by atoms with Crippen molar-refractivity contribution in [2.45, 2.75) is 0 Å². The van der Waals surface area contributed by atoms with E-state index in [0.717, 1.165) is 78.2 Å². The number of benzene rings is 6. The van der Waals surface area contributed by atoms with E-state index in [4.69, 9.17) is 9.97 Å². The highest BCUT2D eigenvalue weighted by molar-refractivity contribution is 6.00. The fraction of sp³-hybridized carbons (Fsp3) is 0. The zero-order valence-corrected chi connectivity index (χ0v) is 29.1. The van der Waals surface area contributed by atoms with Gasteiger partial charge in [0.25, 0.3) is 0 Å². The maximum atomic E-state index is 5.21. The van der Waals surface area contributed by atoms with Gasteiger partial charge in [0.2, 0.25) is 0 Å². The Balaban J connectivity index is 1.08. The molecule has 2 aliphatic carbocycles. The molecule has 2 aliphatic rings. The normalized spacial score (nSPS) is 12.1. The second-order valence-corrected chi connectivity index (χ2v) is 13.4. The smallest absolute Gasteiger partial charge is 0.160 e. The van der Waals surface area contributed by atoms with Crippen LogP contribution in [-0.2, 0) is 0 Å². The number of nitrogens with zero attached hydrogens (tertiary/aromatic N) is 3. The van der Waals surface area contributed by atoms with Crippen LogP contribution in [0.15, 0.2) is 181 Å². The van der Waals surface area contributed by atoms with Crippen molar-refractivity contribution in [1.82, 2.24) is 15.0 Å². The van der Waals surface area contributed by atoms with E-state index in [1.165, 1.54) is 16.3 Å². The van der Waals surface area contributed by atoms with Crippen LogP contribution in [0, 0.1) is 0 Å². The van der Waals surface area contributed by atoms with Crippen molar-refractivity contribution < 1.29 is 0 Å². The Labute approximate surface area is 313 Å². The molecule has 0 amide bonds. The number of rotatable bonds is 6. The first-order valence-electron chi connectivity index (χ1n) is 17.9. The fourth-order valence-corrected chi connectivity index (χ4v) is 7.37. The lowest BCUT2D eigenvalue weighted by Crippen LogP contribution is -1.98. The second kappa shape index (κ2) is 13.2. The van der Waals surface area contributed by atoms with Crippen LogP contribution in [0.25, 0.3) is 90.7 Å². The minimum atomic E-state index is 0.654. The fourth-order valence-electron chi connectivity index (χ4n) is 7.37. The van der Waals surface area contributed by atoms with Crippen LogP contribution >= 0.6 is 0 Å². The zero-order chi connectivity index (χ0) is 35.8. The maximum Gasteiger partial charge on any atom is 0.160 e. The third-order valence-electron chi connectivity index (χ3n) is 10.1. The second-order valence-electron chi connectivity index (χ2n) is 13.4. The van der Waals surface area contributed by atoms with Gasteiger partial charge in [-0.05, 0) is 103 Å². The van der Waals surface area contributed by atoms with E-state index in [9.17, 15) is 0 Å². The molecular formula is C51H29N3. The third kappa shape index (κ3) is 5.68. The summed E-state index contributed by atoms with van der Waals surface area (Å²) in [7, 11) is 0. The van der Waals surface area contributed by atoms with Crippen molar-refractivity contribution in [3.8, 4) is 56.2 Å². The van der Waals surface area contributed by atoms with Crippen molar-refractivity contribution in [3.05, 3.63) is 209 Å². The van der Waals surface area contributed by atoms with Crippen molar-refractivity contribution >= 4 is 34.6 Å². The predicted octanol–water partition coefficient (Wildman–Crippen LogP) is 12.4. The molecule has 0 aliphatic heterocycles. The molecule has 0 saturated carbocycles. The molecule has 0 unspecified atom stereocenters. The number of pyridine rings is 1. The van der Waals surface area contributed by atoms with Crippen molar-refractivity contribution in [2.24, 2.45) is 0 Å². The van der Waals surface area contributed by atoms with Gasteiger partial charge in [-0.3, -0.25) is 4.98 Å². The molecule has 3 heteroatoms. The maximum absolute atomic E-state index is 5.21. The van der Waals surface area contributed by atoms with Gasteiger partial charge >= 0.3 is 0 Å². The number of fused-ring (bicyclic) bond motifs is 4. The highest BCUT2D eigenvalue weighted by atomic mass is 14.9. The Morgan fingerprint density at radius 2 is 1.11 bits per heavy atom. The van der Waals surface area contributed by atoms with Gasteiger partial charge in [0.05, 0.1) is 11.4 Å². The van der Waals surface area contributed by atoms with Crippen LogP contribution in [0.5, 0.6) is 0 Å². The minimum absolute atomic E-state index is 0.654. The summed E-state index contributed by atoms with van der Waals surface area (Å²) in [5.41, 5.74) is 28.7. The van der Waals surface area contributed by atoms with E-state index < -0.39 is 0 Å². The van der Waals surface area contributed by atoms with Crippen LogP contribution in [-0.4, -0.2) is 15.0 Å². The Bertz CT molecular complexity index is 3000. The van der Waals surface area contributed by atoms with E-state index in [1.54, 1.807) is 6.20 Å². The number of hydrogen-bond acceptors (Lipinski definition) is 3. The van der Waals surface area contributed by atoms with Crippen LogP contribution in [0.1, 0.15) is 27.8 Å². The SMILES string of the molecule is C1=C=C(c2cccc(-c3nc(-c4ccc(-c5cccnc5)cc4)cc(-c4ccc(-c5cc6ccccc6c6c5C=C=C=C6)cc4)n3)c2)c2ccccc2C=1. The zero-order valence-electron chi connectivity index (χ0n) is 29.1. The highest BCUT2D eigenvalue weighted by Crippen LogP contribution is 2.37. The molecule has 10 rings (SSSR count).